The van der Waals surface area contributed by atoms with Crippen LogP contribution in [0.4, 0.5) is 5.69 Å². The topological polar surface area (TPSA) is 60.9 Å². The monoisotopic (exact) mass is 379 g/mol. The Bertz CT molecular complexity index is 690. The van der Waals surface area contributed by atoms with E-state index in [-0.39, 0.29) is 49.4 Å². The zero-order chi connectivity index (χ0) is 19.4. The number of carbonyl (C=O) groups excluding carboxylic acids is 3. The fourth-order valence-corrected chi connectivity index (χ4v) is 3.04. The van der Waals surface area contributed by atoms with Gasteiger partial charge in [-0.25, -0.2) is 0 Å². The summed E-state index contributed by atoms with van der Waals surface area (Å²) in [5, 5.41) is 0.533. The molecule has 1 heterocycles. The fraction of sp³-hybridized carbons (Fsp3) is 0.526. The highest BCUT2D eigenvalue weighted by Crippen LogP contribution is 2.23. The van der Waals surface area contributed by atoms with Crippen molar-refractivity contribution in [3.63, 3.8) is 0 Å². The van der Waals surface area contributed by atoms with Gasteiger partial charge in [0.05, 0.1) is 0 Å². The minimum absolute atomic E-state index is 0.00958. The number of amides is 3. The number of carbonyl (C=O) groups is 3. The molecule has 0 aromatic heterocycles. The second-order valence-electron chi connectivity index (χ2n) is 7.25. The summed E-state index contributed by atoms with van der Waals surface area (Å²) in [6.45, 7) is 7.89. The van der Waals surface area contributed by atoms with E-state index >= 15 is 0 Å². The summed E-state index contributed by atoms with van der Waals surface area (Å²) in [6, 6.07) is 6.90. The first kappa shape index (κ1) is 20.2. The first-order chi connectivity index (χ1) is 12.2. The van der Waals surface area contributed by atoms with Crippen molar-refractivity contribution in [2.24, 2.45) is 5.92 Å². The van der Waals surface area contributed by atoms with Crippen molar-refractivity contribution >= 4 is 35.0 Å². The predicted octanol–water partition coefficient (Wildman–Crippen LogP) is 2.76. The number of halogens is 1. The summed E-state index contributed by atoms with van der Waals surface area (Å²) >= 11 is 5.99. The second-order valence-corrected chi connectivity index (χ2v) is 7.68. The average molecular weight is 380 g/mol. The molecule has 0 saturated carbocycles. The maximum Gasteiger partial charge on any atom is 0.248 e. The van der Waals surface area contributed by atoms with Gasteiger partial charge in [-0.05, 0) is 38.0 Å². The third-order valence-corrected chi connectivity index (χ3v) is 4.48. The van der Waals surface area contributed by atoms with E-state index < -0.39 is 0 Å². The third kappa shape index (κ3) is 4.97. The average Bonchev–Trinajstić information content (AvgIpc) is 2.93. The van der Waals surface area contributed by atoms with Crippen molar-refractivity contribution in [3.05, 3.63) is 29.3 Å². The van der Waals surface area contributed by atoms with Crippen molar-refractivity contribution in [1.82, 2.24) is 9.80 Å². The molecule has 0 bridgehead atoms. The van der Waals surface area contributed by atoms with Gasteiger partial charge in [0.1, 0.15) is 19.8 Å². The second kappa shape index (κ2) is 8.54. The van der Waals surface area contributed by atoms with Gasteiger partial charge in [0.15, 0.2) is 0 Å². The molecule has 0 atom stereocenters. The number of hydrogen-bond acceptors (Lipinski definition) is 3. The normalized spacial score (nSPS) is 14.5. The van der Waals surface area contributed by atoms with Gasteiger partial charge in [-0.1, -0.05) is 31.5 Å². The minimum Gasteiger partial charge on any atom is -0.331 e. The number of anilines is 1. The van der Waals surface area contributed by atoms with Crippen LogP contribution in [0.15, 0.2) is 24.3 Å². The van der Waals surface area contributed by atoms with Crippen LogP contribution in [0, 0.1) is 5.92 Å². The molecule has 0 N–H and O–H groups in total. The first-order valence-corrected chi connectivity index (χ1v) is 9.20. The quantitative estimate of drug-likeness (QED) is 0.763. The lowest BCUT2D eigenvalue weighted by molar-refractivity contribution is -0.142. The van der Waals surface area contributed by atoms with Crippen molar-refractivity contribution in [1.29, 1.82) is 0 Å². The Morgan fingerprint density at radius 1 is 1.23 bits per heavy atom. The maximum atomic E-state index is 12.7. The molecule has 142 valence electrons. The molecule has 3 amide bonds. The van der Waals surface area contributed by atoms with E-state index in [1.807, 2.05) is 27.7 Å². The third-order valence-electron chi connectivity index (χ3n) is 4.24. The van der Waals surface area contributed by atoms with Crippen LogP contribution >= 0.6 is 11.6 Å². The van der Waals surface area contributed by atoms with Gasteiger partial charge >= 0.3 is 0 Å². The molecule has 0 aliphatic carbocycles. The van der Waals surface area contributed by atoms with Crippen LogP contribution in [-0.2, 0) is 14.4 Å². The van der Waals surface area contributed by atoms with Gasteiger partial charge in [0.25, 0.3) is 0 Å². The minimum atomic E-state index is -0.228. The number of hydrogen-bond donors (Lipinski definition) is 0. The molecule has 1 aliphatic rings. The van der Waals surface area contributed by atoms with Gasteiger partial charge in [0.2, 0.25) is 17.7 Å². The summed E-state index contributed by atoms with van der Waals surface area (Å²) in [7, 11) is 0. The smallest absolute Gasteiger partial charge is 0.248 e. The molecule has 2 rings (SSSR count). The van der Waals surface area contributed by atoms with E-state index in [9.17, 15) is 14.4 Å². The molecule has 6 nitrogen and oxygen atoms in total. The van der Waals surface area contributed by atoms with Gasteiger partial charge < -0.3 is 9.80 Å². The predicted molar refractivity (Wildman–Crippen MR) is 102 cm³/mol. The van der Waals surface area contributed by atoms with Crippen molar-refractivity contribution < 1.29 is 14.4 Å². The van der Waals surface area contributed by atoms with E-state index in [0.29, 0.717) is 17.1 Å². The van der Waals surface area contributed by atoms with E-state index in [0.717, 1.165) is 0 Å². The first-order valence-electron chi connectivity index (χ1n) is 8.82. The molecule has 1 aromatic rings. The number of rotatable bonds is 6. The molecule has 7 heteroatoms. The lowest BCUT2D eigenvalue weighted by atomic mass is 10.1. The highest BCUT2D eigenvalue weighted by molar-refractivity contribution is 6.31. The molecule has 1 saturated heterocycles. The van der Waals surface area contributed by atoms with Crippen LogP contribution in [0.1, 0.15) is 34.1 Å². The van der Waals surface area contributed by atoms with Crippen LogP contribution in [-0.4, -0.2) is 53.3 Å². The van der Waals surface area contributed by atoms with Crippen LogP contribution in [0.3, 0.4) is 0 Å². The lowest BCUT2D eigenvalue weighted by Gasteiger charge is -2.28. The molecule has 1 fully saturated rings. The van der Waals surface area contributed by atoms with Gasteiger partial charge in [-0.3, -0.25) is 19.3 Å². The Labute approximate surface area is 159 Å². The highest BCUT2D eigenvalue weighted by Gasteiger charge is 2.33. The highest BCUT2D eigenvalue weighted by atomic mass is 35.5. The zero-order valence-corrected chi connectivity index (χ0v) is 16.5. The summed E-state index contributed by atoms with van der Waals surface area (Å²) in [4.78, 5) is 42.0. The van der Waals surface area contributed by atoms with Crippen molar-refractivity contribution in [3.8, 4) is 0 Å². The summed E-state index contributed by atoms with van der Waals surface area (Å²) < 4.78 is 0. The maximum absolute atomic E-state index is 12.7. The molecule has 1 aliphatic heterocycles. The summed E-state index contributed by atoms with van der Waals surface area (Å²) in [5.74, 6) is -0.204. The van der Waals surface area contributed by atoms with Crippen molar-refractivity contribution in [2.75, 3.05) is 24.7 Å². The molecule has 0 radical (unpaired) electrons. The van der Waals surface area contributed by atoms with Crippen LogP contribution in [0.2, 0.25) is 5.02 Å². The Balaban J connectivity index is 2.05. The van der Waals surface area contributed by atoms with E-state index in [4.69, 9.17) is 11.6 Å². The van der Waals surface area contributed by atoms with Gasteiger partial charge in [-0.15, -0.1) is 0 Å². The molecular formula is C19H26ClN3O3. The standard InChI is InChI=1S/C19H26ClN3O3/c1-13(2)8-17(24)22(14(3)4)11-18(25)21-10-19(26)23(12-21)16-7-5-6-15(20)9-16/h5-7,9,13-14H,8,10-12H2,1-4H3. The summed E-state index contributed by atoms with van der Waals surface area (Å²) in [5.41, 5.74) is 0.661. The Kier molecular flexibility index (Phi) is 6.64. The lowest BCUT2D eigenvalue weighted by Crippen LogP contribution is -2.46. The zero-order valence-electron chi connectivity index (χ0n) is 15.7. The Morgan fingerprint density at radius 2 is 1.92 bits per heavy atom. The van der Waals surface area contributed by atoms with E-state index in [1.54, 1.807) is 29.2 Å². The molecule has 0 unspecified atom stereocenters. The van der Waals surface area contributed by atoms with E-state index in [2.05, 4.69) is 0 Å². The Morgan fingerprint density at radius 3 is 2.50 bits per heavy atom. The van der Waals surface area contributed by atoms with Gasteiger partial charge in [-0.2, -0.15) is 0 Å². The van der Waals surface area contributed by atoms with E-state index in [1.165, 1.54) is 9.80 Å². The fourth-order valence-electron chi connectivity index (χ4n) is 2.86. The molecule has 0 spiro atoms. The van der Waals surface area contributed by atoms with Gasteiger partial charge in [0, 0.05) is 23.2 Å². The van der Waals surface area contributed by atoms with Crippen LogP contribution < -0.4 is 4.90 Å². The largest absolute Gasteiger partial charge is 0.331 e. The SMILES string of the molecule is CC(C)CC(=O)N(CC(=O)N1CC(=O)N(c2cccc(Cl)c2)C1)C(C)C. The van der Waals surface area contributed by atoms with Crippen LogP contribution in [0.25, 0.3) is 0 Å². The van der Waals surface area contributed by atoms with Crippen molar-refractivity contribution in [2.45, 2.75) is 40.2 Å². The van der Waals surface area contributed by atoms with Crippen LogP contribution in [0.5, 0.6) is 0 Å². The Hall–Kier alpha value is -2.08. The number of benzene rings is 1. The molecular weight excluding hydrogens is 354 g/mol. The molecule has 26 heavy (non-hydrogen) atoms. The molecule has 1 aromatic carbocycles. The summed E-state index contributed by atoms with van der Waals surface area (Å²) in [6.07, 6.45) is 0.402. The number of nitrogens with zero attached hydrogens (tertiary/aromatic N) is 3.